The molecule has 2 unspecified atom stereocenters. The van der Waals surface area contributed by atoms with Crippen molar-refractivity contribution in [3.8, 4) is 0 Å². The van der Waals surface area contributed by atoms with E-state index in [2.05, 4.69) is 30.8 Å². The van der Waals surface area contributed by atoms with Gasteiger partial charge >= 0.3 is 0 Å². The summed E-state index contributed by atoms with van der Waals surface area (Å²) in [6.07, 6.45) is 3.53. The fourth-order valence-electron chi connectivity index (χ4n) is 3.12. The average Bonchev–Trinajstić information content (AvgIpc) is 2.59. The summed E-state index contributed by atoms with van der Waals surface area (Å²) in [5.41, 5.74) is 8.21. The van der Waals surface area contributed by atoms with Crippen molar-refractivity contribution in [3.63, 3.8) is 0 Å². The Morgan fingerprint density at radius 2 is 2.11 bits per heavy atom. The molecule has 2 N–H and O–H groups in total. The molecule has 18 heavy (non-hydrogen) atoms. The predicted molar refractivity (Wildman–Crippen MR) is 75.9 cm³/mol. The van der Waals surface area contributed by atoms with Gasteiger partial charge in [0.15, 0.2) is 0 Å². The fraction of sp³-hybridized carbons (Fsp3) is 0.786. The largest absolute Gasteiger partial charge is 0.354 e. The number of aryl methyl sites for hydroxylation is 2. The van der Waals surface area contributed by atoms with Gasteiger partial charge in [0.1, 0.15) is 5.82 Å². The van der Waals surface area contributed by atoms with Crippen molar-refractivity contribution < 1.29 is 0 Å². The second-order valence-electron chi connectivity index (χ2n) is 5.60. The third-order valence-corrected chi connectivity index (χ3v) is 4.35. The molecule has 4 heteroatoms. The maximum absolute atomic E-state index is 5.74. The predicted octanol–water partition coefficient (Wildman–Crippen LogP) is 1.85. The topological polar surface area (TPSA) is 47.1 Å². The molecule has 2 heterocycles. The zero-order valence-electron chi connectivity index (χ0n) is 12.1. The Labute approximate surface area is 110 Å². The first-order valence-electron chi connectivity index (χ1n) is 7.05. The second kappa shape index (κ2) is 5.31. The minimum atomic E-state index is 0.588. The zero-order valence-corrected chi connectivity index (χ0v) is 12.1. The van der Waals surface area contributed by atoms with Gasteiger partial charge in [0.2, 0.25) is 0 Å². The van der Waals surface area contributed by atoms with Crippen LogP contribution in [0, 0.1) is 12.8 Å². The first kappa shape index (κ1) is 13.4. The minimum absolute atomic E-state index is 0.588. The van der Waals surface area contributed by atoms with Crippen LogP contribution in [0.3, 0.4) is 0 Å². The van der Waals surface area contributed by atoms with E-state index in [-0.39, 0.29) is 0 Å². The SMILES string of the molecule is Cc1nn(C)c(N2CCCC(C)C2C)c1CCN. The summed E-state index contributed by atoms with van der Waals surface area (Å²) >= 11 is 0. The van der Waals surface area contributed by atoms with Crippen LogP contribution in [0.5, 0.6) is 0 Å². The van der Waals surface area contributed by atoms with E-state index in [9.17, 15) is 0 Å². The number of nitrogens with two attached hydrogens (primary N) is 1. The van der Waals surface area contributed by atoms with Gasteiger partial charge in [-0.05, 0) is 45.6 Å². The lowest BCUT2D eigenvalue weighted by Gasteiger charge is -2.39. The van der Waals surface area contributed by atoms with Gasteiger partial charge < -0.3 is 10.6 Å². The third kappa shape index (κ3) is 2.26. The average molecular weight is 250 g/mol. The molecule has 0 amide bonds. The Morgan fingerprint density at radius 1 is 1.39 bits per heavy atom. The fourth-order valence-corrected chi connectivity index (χ4v) is 3.12. The van der Waals surface area contributed by atoms with Crippen LogP contribution >= 0.6 is 0 Å². The third-order valence-electron chi connectivity index (χ3n) is 4.35. The molecular weight excluding hydrogens is 224 g/mol. The van der Waals surface area contributed by atoms with Crippen molar-refractivity contribution in [3.05, 3.63) is 11.3 Å². The van der Waals surface area contributed by atoms with Crippen LogP contribution in [-0.4, -0.2) is 28.9 Å². The van der Waals surface area contributed by atoms with Crippen molar-refractivity contribution >= 4 is 5.82 Å². The van der Waals surface area contributed by atoms with Crippen LogP contribution in [0.25, 0.3) is 0 Å². The summed E-state index contributed by atoms with van der Waals surface area (Å²) in [6.45, 7) is 8.60. The van der Waals surface area contributed by atoms with Crippen molar-refractivity contribution in [2.45, 2.75) is 46.1 Å². The van der Waals surface area contributed by atoms with E-state index >= 15 is 0 Å². The van der Waals surface area contributed by atoms with Crippen LogP contribution in [0.1, 0.15) is 37.9 Å². The molecule has 0 bridgehead atoms. The molecule has 1 fully saturated rings. The summed E-state index contributed by atoms with van der Waals surface area (Å²) in [4.78, 5) is 2.53. The highest BCUT2D eigenvalue weighted by Gasteiger charge is 2.29. The molecule has 2 rings (SSSR count). The molecule has 0 saturated carbocycles. The number of hydrogen-bond acceptors (Lipinski definition) is 3. The number of piperidine rings is 1. The van der Waals surface area contributed by atoms with Gasteiger partial charge in [-0.3, -0.25) is 4.68 Å². The Morgan fingerprint density at radius 3 is 2.78 bits per heavy atom. The lowest BCUT2D eigenvalue weighted by atomic mass is 9.91. The van der Waals surface area contributed by atoms with E-state index in [0.717, 1.165) is 24.6 Å². The molecular formula is C14H26N4. The molecule has 0 spiro atoms. The van der Waals surface area contributed by atoms with Crippen molar-refractivity contribution in [2.75, 3.05) is 18.0 Å². The molecule has 0 aromatic carbocycles. The first-order valence-corrected chi connectivity index (χ1v) is 7.05. The smallest absolute Gasteiger partial charge is 0.130 e. The summed E-state index contributed by atoms with van der Waals surface area (Å²) in [6, 6.07) is 0.588. The Hall–Kier alpha value is -1.03. The van der Waals surface area contributed by atoms with Crippen LogP contribution in [0.4, 0.5) is 5.82 Å². The number of hydrogen-bond donors (Lipinski definition) is 1. The van der Waals surface area contributed by atoms with Crippen molar-refractivity contribution in [1.82, 2.24) is 9.78 Å². The van der Waals surface area contributed by atoms with Gasteiger partial charge in [0, 0.05) is 25.2 Å². The number of nitrogens with zero attached hydrogens (tertiary/aromatic N) is 3. The van der Waals surface area contributed by atoms with Gasteiger partial charge in [-0.1, -0.05) is 6.92 Å². The second-order valence-corrected chi connectivity index (χ2v) is 5.60. The first-order chi connectivity index (χ1) is 8.56. The molecule has 102 valence electrons. The summed E-state index contributed by atoms with van der Waals surface area (Å²) < 4.78 is 2.04. The molecule has 1 aromatic heterocycles. The lowest BCUT2D eigenvalue weighted by Crippen LogP contribution is -2.43. The molecule has 1 saturated heterocycles. The van der Waals surface area contributed by atoms with E-state index < -0.39 is 0 Å². The molecule has 1 aromatic rings. The number of aromatic nitrogens is 2. The normalized spacial score (nSPS) is 24.6. The Balaban J connectivity index is 2.36. The van der Waals surface area contributed by atoms with Crippen LogP contribution < -0.4 is 10.6 Å². The van der Waals surface area contributed by atoms with E-state index in [1.54, 1.807) is 0 Å². The maximum Gasteiger partial charge on any atom is 0.130 e. The van der Waals surface area contributed by atoms with Gasteiger partial charge in [0.05, 0.1) is 5.69 Å². The molecule has 0 aliphatic carbocycles. The summed E-state index contributed by atoms with van der Waals surface area (Å²) in [5, 5.41) is 4.58. The van der Waals surface area contributed by atoms with Crippen LogP contribution in [0.2, 0.25) is 0 Å². The number of rotatable bonds is 3. The van der Waals surface area contributed by atoms with Gasteiger partial charge in [-0.25, -0.2) is 0 Å². The lowest BCUT2D eigenvalue weighted by molar-refractivity contribution is 0.358. The molecule has 4 nitrogen and oxygen atoms in total. The van der Waals surface area contributed by atoms with Gasteiger partial charge in [0.25, 0.3) is 0 Å². The van der Waals surface area contributed by atoms with Gasteiger partial charge in [-0.2, -0.15) is 5.10 Å². The van der Waals surface area contributed by atoms with E-state index in [0.29, 0.717) is 12.6 Å². The number of anilines is 1. The summed E-state index contributed by atoms with van der Waals surface area (Å²) in [7, 11) is 2.05. The standard InChI is InChI=1S/C14H26N4/c1-10-6-5-9-18(12(10)3)14-13(7-8-15)11(2)16-17(14)4/h10,12H,5-9,15H2,1-4H3. The molecule has 0 radical (unpaired) electrons. The highest BCUT2D eigenvalue weighted by molar-refractivity contribution is 5.51. The quantitative estimate of drug-likeness (QED) is 0.890. The maximum atomic E-state index is 5.74. The summed E-state index contributed by atoms with van der Waals surface area (Å²) in [5.74, 6) is 2.04. The Kier molecular flexibility index (Phi) is 3.95. The zero-order chi connectivity index (χ0) is 13.3. The van der Waals surface area contributed by atoms with E-state index in [4.69, 9.17) is 5.73 Å². The molecule has 1 aliphatic rings. The van der Waals surface area contributed by atoms with Crippen molar-refractivity contribution in [1.29, 1.82) is 0 Å². The molecule has 1 aliphatic heterocycles. The van der Waals surface area contributed by atoms with Gasteiger partial charge in [-0.15, -0.1) is 0 Å². The van der Waals surface area contributed by atoms with E-state index in [1.807, 2.05) is 11.7 Å². The highest BCUT2D eigenvalue weighted by atomic mass is 15.4. The molecule has 2 atom stereocenters. The van der Waals surface area contributed by atoms with E-state index in [1.165, 1.54) is 24.2 Å². The van der Waals surface area contributed by atoms with Crippen LogP contribution in [-0.2, 0) is 13.5 Å². The van der Waals surface area contributed by atoms with Crippen molar-refractivity contribution in [2.24, 2.45) is 18.7 Å². The monoisotopic (exact) mass is 250 g/mol. The minimum Gasteiger partial charge on any atom is -0.354 e. The Bertz CT molecular complexity index is 410. The van der Waals surface area contributed by atoms with Crippen LogP contribution in [0.15, 0.2) is 0 Å². The highest BCUT2D eigenvalue weighted by Crippen LogP contribution is 2.31.